The molecule has 2 rings (SSSR count). The van der Waals surface area contributed by atoms with Gasteiger partial charge in [0.15, 0.2) is 0 Å². The number of aliphatic carboxylic acids is 1. The Hall–Kier alpha value is -1.84. The largest absolute Gasteiger partial charge is 0.481 e. The van der Waals surface area contributed by atoms with E-state index in [0.29, 0.717) is 6.42 Å². The Balaban J connectivity index is 2.23. The highest BCUT2D eigenvalue weighted by Gasteiger charge is 2.06. The number of aromatic nitrogens is 2. The molecule has 1 aromatic carbocycles. The molecule has 0 saturated carbocycles. The third-order valence-electron chi connectivity index (χ3n) is 2.68. The summed E-state index contributed by atoms with van der Waals surface area (Å²) in [4.78, 5) is 10.5. The van der Waals surface area contributed by atoms with Crippen molar-refractivity contribution in [1.82, 2.24) is 9.78 Å². The van der Waals surface area contributed by atoms with Crippen molar-refractivity contribution in [2.45, 2.75) is 19.3 Å². The molecule has 4 heteroatoms. The summed E-state index contributed by atoms with van der Waals surface area (Å²) in [5.41, 5.74) is 2.27. The van der Waals surface area contributed by atoms with Crippen LogP contribution in [0.4, 0.5) is 0 Å². The number of carboxylic acids is 1. The first kappa shape index (κ1) is 10.7. The maximum atomic E-state index is 10.5. The van der Waals surface area contributed by atoms with Gasteiger partial charge in [-0.15, -0.1) is 0 Å². The van der Waals surface area contributed by atoms with E-state index in [4.69, 9.17) is 5.11 Å². The summed E-state index contributed by atoms with van der Waals surface area (Å²) < 4.78 is 1.84. The molecule has 84 valence electrons. The van der Waals surface area contributed by atoms with Gasteiger partial charge in [0, 0.05) is 18.9 Å². The molecule has 0 aliphatic carbocycles. The zero-order valence-electron chi connectivity index (χ0n) is 9.18. The minimum absolute atomic E-state index is 0.217. The minimum atomic E-state index is -0.739. The number of hydrogen-bond acceptors (Lipinski definition) is 2. The monoisotopic (exact) mass is 218 g/mol. The predicted molar refractivity (Wildman–Crippen MR) is 61.3 cm³/mol. The second-order valence-electron chi connectivity index (χ2n) is 3.87. The average molecular weight is 218 g/mol. The molecule has 0 aliphatic rings. The summed E-state index contributed by atoms with van der Waals surface area (Å²) in [6, 6.07) is 6.04. The highest BCUT2D eigenvalue weighted by Crippen LogP contribution is 2.19. The first-order chi connectivity index (χ1) is 7.68. The molecular formula is C12H14N2O2. The van der Waals surface area contributed by atoms with Gasteiger partial charge >= 0.3 is 5.97 Å². The lowest BCUT2D eigenvalue weighted by atomic mass is 10.1. The quantitative estimate of drug-likeness (QED) is 0.853. The molecule has 1 aromatic heterocycles. The van der Waals surface area contributed by atoms with Crippen LogP contribution >= 0.6 is 0 Å². The molecular weight excluding hydrogens is 204 g/mol. The number of carbonyl (C=O) groups is 1. The summed E-state index contributed by atoms with van der Waals surface area (Å²) in [5.74, 6) is -0.739. The summed E-state index contributed by atoms with van der Waals surface area (Å²) in [6.07, 6.45) is 3.49. The molecule has 0 amide bonds. The lowest BCUT2D eigenvalue weighted by molar-refractivity contribution is -0.137. The smallest absolute Gasteiger partial charge is 0.303 e. The topological polar surface area (TPSA) is 55.1 Å². The molecule has 0 radical (unpaired) electrons. The SMILES string of the molecule is Cn1ncc2cccc(CCCC(=O)O)c21. The Morgan fingerprint density at radius 3 is 3.06 bits per heavy atom. The number of aryl methyl sites for hydroxylation is 2. The van der Waals surface area contributed by atoms with Crippen LogP contribution in [0.5, 0.6) is 0 Å². The van der Waals surface area contributed by atoms with Crippen molar-refractivity contribution in [2.24, 2.45) is 7.05 Å². The summed E-state index contributed by atoms with van der Waals surface area (Å²) >= 11 is 0. The molecule has 1 heterocycles. The van der Waals surface area contributed by atoms with Crippen LogP contribution in [0.15, 0.2) is 24.4 Å². The molecule has 16 heavy (non-hydrogen) atoms. The number of para-hydroxylation sites is 1. The van der Waals surface area contributed by atoms with E-state index in [0.717, 1.165) is 17.3 Å². The molecule has 1 N–H and O–H groups in total. The maximum Gasteiger partial charge on any atom is 0.303 e. The number of rotatable bonds is 4. The third-order valence-corrected chi connectivity index (χ3v) is 2.68. The van der Waals surface area contributed by atoms with Crippen LogP contribution in [0, 0.1) is 0 Å². The summed E-state index contributed by atoms with van der Waals surface area (Å²) in [7, 11) is 1.91. The Bertz CT molecular complexity index is 517. The molecule has 4 nitrogen and oxygen atoms in total. The molecule has 0 unspecified atom stereocenters. The van der Waals surface area contributed by atoms with Crippen LogP contribution in [0.1, 0.15) is 18.4 Å². The van der Waals surface area contributed by atoms with Crippen LogP contribution in [-0.4, -0.2) is 20.9 Å². The van der Waals surface area contributed by atoms with Crippen molar-refractivity contribution in [3.8, 4) is 0 Å². The molecule has 0 aliphatic heterocycles. The fraction of sp³-hybridized carbons (Fsp3) is 0.333. The van der Waals surface area contributed by atoms with Gasteiger partial charge < -0.3 is 5.11 Å². The van der Waals surface area contributed by atoms with Crippen molar-refractivity contribution in [3.05, 3.63) is 30.0 Å². The van der Waals surface area contributed by atoms with Crippen LogP contribution in [-0.2, 0) is 18.3 Å². The second-order valence-corrected chi connectivity index (χ2v) is 3.87. The first-order valence-electron chi connectivity index (χ1n) is 5.30. The zero-order chi connectivity index (χ0) is 11.5. The lowest BCUT2D eigenvalue weighted by Gasteiger charge is -2.03. The minimum Gasteiger partial charge on any atom is -0.481 e. The van der Waals surface area contributed by atoms with Gasteiger partial charge in [-0.2, -0.15) is 5.10 Å². The highest BCUT2D eigenvalue weighted by molar-refractivity contribution is 5.81. The molecule has 0 atom stereocenters. The van der Waals surface area contributed by atoms with Crippen LogP contribution in [0.25, 0.3) is 10.9 Å². The van der Waals surface area contributed by atoms with Gasteiger partial charge in [0.2, 0.25) is 0 Å². The number of carboxylic acid groups (broad SMARTS) is 1. The van der Waals surface area contributed by atoms with Gasteiger partial charge in [-0.25, -0.2) is 0 Å². The van der Waals surface area contributed by atoms with Crippen molar-refractivity contribution in [1.29, 1.82) is 0 Å². The van der Waals surface area contributed by atoms with E-state index in [1.54, 1.807) is 0 Å². The number of fused-ring (bicyclic) bond motifs is 1. The second kappa shape index (κ2) is 4.35. The van der Waals surface area contributed by atoms with Crippen LogP contribution < -0.4 is 0 Å². The molecule has 0 fully saturated rings. The van der Waals surface area contributed by atoms with Crippen molar-refractivity contribution in [2.75, 3.05) is 0 Å². The number of hydrogen-bond donors (Lipinski definition) is 1. The Morgan fingerprint density at radius 2 is 2.31 bits per heavy atom. The summed E-state index contributed by atoms with van der Waals surface area (Å²) in [5, 5.41) is 13.9. The molecule has 0 saturated heterocycles. The lowest BCUT2D eigenvalue weighted by Crippen LogP contribution is -1.98. The van der Waals surface area contributed by atoms with E-state index in [-0.39, 0.29) is 6.42 Å². The van der Waals surface area contributed by atoms with E-state index < -0.39 is 5.97 Å². The van der Waals surface area contributed by atoms with Gasteiger partial charge in [0.05, 0.1) is 11.7 Å². The first-order valence-corrected chi connectivity index (χ1v) is 5.30. The Kier molecular flexibility index (Phi) is 2.90. The van der Waals surface area contributed by atoms with Crippen molar-refractivity contribution >= 4 is 16.9 Å². The molecule has 0 bridgehead atoms. The van der Waals surface area contributed by atoms with Crippen LogP contribution in [0.3, 0.4) is 0 Å². The van der Waals surface area contributed by atoms with E-state index in [1.165, 1.54) is 5.56 Å². The average Bonchev–Trinajstić information content (AvgIpc) is 2.61. The number of nitrogens with zero attached hydrogens (tertiary/aromatic N) is 2. The van der Waals surface area contributed by atoms with Crippen molar-refractivity contribution in [3.63, 3.8) is 0 Å². The standard InChI is InChI=1S/C12H14N2O2/c1-14-12-9(5-3-7-11(15)16)4-2-6-10(12)8-13-14/h2,4,6,8H,3,5,7H2,1H3,(H,15,16). The normalized spacial score (nSPS) is 10.8. The maximum absolute atomic E-state index is 10.5. The van der Waals surface area contributed by atoms with Crippen LogP contribution in [0.2, 0.25) is 0 Å². The van der Waals surface area contributed by atoms with E-state index in [1.807, 2.05) is 36.1 Å². The predicted octanol–water partition coefficient (Wildman–Crippen LogP) is 1.98. The summed E-state index contributed by atoms with van der Waals surface area (Å²) in [6.45, 7) is 0. The van der Waals surface area contributed by atoms with E-state index >= 15 is 0 Å². The van der Waals surface area contributed by atoms with Gasteiger partial charge in [-0.1, -0.05) is 18.2 Å². The molecule has 0 spiro atoms. The van der Waals surface area contributed by atoms with Gasteiger partial charge in [-0.3, -0.25) is 9.48 Å². The van der Waals surface area contributed by atoms with E-state index in [9.17, 15) is 4.79 Å². The number of benzene rings is 1. The fourth-order valence-electron chi connectivity index (χ4n) is 1.95. The highest BCUT2D eigenvalue weighted by atomic mass is 16.4. The zero-order valence-corrected chi connectivity index (χ0v) is 9.18. The van der Waals surface area contributed by atoms with Gasteiger partial charge in [0.25, 0.3) is 0 Å². The van der Waals surface area contributed by atoms with Crippen molar-refractivity contribution < 1.29 is 9.90 Å². The van der Waals surface area contributed by atoms with Gasteiger partial charge in [-0.05, 0) is 18.4 Å². The Morgan fingerprint density at radius 1 is 1.50 bits per heavy atom. The molecule has 2 aromatic rings. The fourth-order valence-corrected chi connectivity index (χ4v) is 1.95. The Labute approximate surface area is 93.5 Å². The van der Waals surface area contributed by atoms with E-state index in [2.05, 4.69) is 5.10 Å². The third kappa shape index (κ3) is 2.05. The van der Waals surface area contributed by atoms with Gasteiger partial charge in [0.1, 0.15) is 0 Å².